The van der Waals surface area contributed by atoms with Gasteiger partial charge in [0.15, 0.2) is 0 Å². The highest BCUT2D eigenvalue weighted by Crippen LogP contribution is 2.26. The average Bonchev–Trinajstić information content (AvgIpc) is 2.92. The van der Waals surface area contributed by atoms with Crippen LogP contribution in [-0.4, -0.2) is 40.6 Å². The summed E-state index contributed by atoms with van der Waals surface area (Å²) in [7, 11) is 1.51. The van der Waals surface area contributed by atoms with Gasteiger partial charge in [-0.25, -0.2) is 9.59 Å². The summed E-state index contributed by atoms with van der Waals surface area (Å²) in [6.45, 7) is 4.44. The van der Waals surface area contributed by atoms with Crippen LogP contribution in [0.1, 0.15) is 45.1 Å². The van der Waals surface area contributed by atoms with Gasteiger partial charge >= 0.3 is 12.0 Å². The molecule has 0 aliphatic rings. The van der Waals surface area contributed by atoms with Gasteiger partial charge in [-0.3, -0.25) is 5.32 Å². The number of benzene rings is 2. The number of nitrogens with zero attached hydrogens (tertiary/aromatic N) is 4. The molecule has 13 heteroatoms. The first kappa shape index (κ1) is 29.7. The normalized spacial score (nSPS) is 10.5. The molecule has 0 atom stereocenters. The molecule has 1 aromatic heterocycles. The maximum Gasteiger partial charge on any atom is 0.332 e. The minimum Gasteiger partial charge on any atom is -0.495 e. The molecule has 0 aliphatic carbocycles. The minimum atomic E-state index is -0.602. The maximum absolute atomic E-state index is 12.8. The summed E-state index contributed by atoms with van der Waals surface area (Å²) in [4.78, 5) is 43.7. The summed E-state index contributed by atoms with van der Waals surface area (Å²) in [5.74, 6) is 0.133. The number of methoxy groups -OCH3 is 1. The van der Waals surface area contributed by atoms with Crippen molar-refractivity contribution in [1.29, 1.82) is 0 Å². The quantitative estimate of drug-likeness (QED) is 0.158. The number of hydrogen-bond acceptors (Lipinski definition) is 9. The third-order valence-electron chi connectivity index (χ3n) is 5.30. The molecule has 39 heavy (non-hydrogen) atoms. The molecular formula is C26H31Cl2N7O4. The van der Waals surface area contributed by atoms with Crippen molar-refractivity contribution in [2.24, 2.45) is 0 Å². The van der Waals surface area contributed by atoms with Gasteiger partial charge in [-0.15, -0.1) is 0 Å². The van der Waals surface area contributed by atoms with Crippen LogP contribution in [0.5, 0.6) is 5.75 Å². The SMILES string of the molecule is CCCCCNc1nc(NC(=O)Nc2ccccc2OC)nc(N(Cc2ccc(Cl)c(Cl)c2)OC(=O)CC)n1. The van der Waals surface area contributed by atoms with Crippen LogP contribution in [0.4, 0.5) is 28.3 Å². The lowest BCUT2D eigenvalue weighted by Crippen LogP contribution is -2.30. The number of hydroxylamine groups is 1. The van der Waals surface area contributed by atoms with E-state index in [4.69, 9.17) is 32.8 Å². The largest absolute Gasteiger partial charge is 0.495 e. The third-order valence-corrected chi connectivity index (χ3v) is 6.04. The van der Waals surface area contributed by atoms with E-state index in [9.17, 15) is 9.59 Å². The van der Waals surface area contributed by atoms with Gasteiger partial charge in [0.05, 0.1) is 29.4 Å². The number of halogens is 2. The highest BCUT2D eigenvalue weighted by Gasteiger charge is 2.20. The Balaban J connectivity index is 1.91. The van der Waals surface area contributed by atoms with Gasteiger partial charge in [-0.1, -0.05) is 68.1 Å². The van der Waals surface area contributed by atoms with Crippen molar-refractivity contribution >= 4 is 58.7 Å². The van der Waals surface area contributed by atoms with E-state index in [0.717, 1.165) is 19.3 Å². The number of rotatable bonds is 13. The molecule has 2 aromatic carbocycles. The maximum atomic E-state index is 12.8. The first-order valence-electron chi connectivity index (χ1n) is 12.5. The molecule has 1 heterocycles. The van der Waals surface area contributed by atoms with E-state index >= 15 is 0 Å². The lowest BCUT2D eigenvalue weighted by Gasteiger charge is -2.22. The Morgan fingerprint density at radius 2 is 1.72 bits per heavy atom. The van der Waals surface area contributed by atoms with Gasteiger partial charge < -0.3 is 20.2 Å². The van der Waals surface area contributed by atoms with Crippen molar-refractivity contribution in [3.63, 3.8) is 0 Å². The molecule has 0 unspecified atom stereocenters. The molecule has 208 valence electrons. The predicted molar refractivity (Wildman–Crippen MR) is 153 cm³/mol. The standard InChI is InChI=1S/C26H31Cl2N7O4/c1-4-6-9-14-29-23-31-24(34-26(37)30-20-10-7-8-11-21(20)38-3)33-25(32-23)35(39-22(36)5-2)16-17-12-13-18(27)19(28)15-17/h7-8,10-13,15H,4-6,9,14,16H2,1-3H3,(H3,29,30,31,32,33,34,37). The molecular weight excluding hydrogens is 545 g/mol. The van der Waals surface area contributed by atoms with Gasteiger partial charge in [0, 0.05) is 13.0 Å². The molecule has 0 aliphatic heterocycles. The second-order valence-electron chi connectivity index (χ2n) is 8.30. The number of unbranched alkanes of at least 4 members (excludes halogenated alkanes) is 2. The predicted octanol–water partition coefficient (Wildman–Crippen LogP) is 6.31. The highest BCUT2D eigenvalue weighted by atomic mass is 35.5. The fraction of sp³-hybridized carbons (Fsp3) is 0.346. The minimum absolute atomic E-state index is 0.00320. The summed E-state index contributed by atoms with van der Waals surface area (Å²) < 4.78 is 5.28. The molecule has 0 spiro atoms. The van der Waals surface area contributed by atoms with Crippen molar-refractivity contribution in [3.8, 4) is 5.75 Å². The average molecular weight is 576 g/mol. The lowest BCUT2D eigenvalue weighted by molar-refractivity contribution is -0.145. The van der Waals surface area contributed by atoms with E-state index in [1.165, 1.54) is 12.2 Å². The Labute approximate surface area is 237 Å². The zero-order valence-electron chi connectivity index (χ0n) is 22.0. The second kappa shape index (κ2) is 14.9. The zero-order chi connectivity index (χ0) is 28.2. The Bertz CT molecular complexity index is 1280. The van der Waals surface area contributed by atoms with Crippen LogP contribution in [-0.2, 0) is 16.2 Å². The summed E-state index contributed by atoms with van der Waals surface area (Å²) in [6, 6.07) is 11.4. The van der Waals surface area contributed by atoms with Crippen molar-refractivity contribution in [2.45, 2.75) is 46.1 Å². The number of hydrogen-bond donors (Lipinski definition) is 3. The summed E-state index contributed by atoms with van der Waals surface area (Å²) in [5.41, 5.74) is 1.15. The van der Waals surface area contributed by atoms with Crippen LogP contribution in [0.25, 0.3) is 0 Å². The molecule has 0 saturated carbocycles. The third kappa shape index (κ3) is 9.15. The van der Waals surface area contributed by atoms with E-state index in [1.807, 2.05) is 0 Å². The fourth-order valence-corrected chi connectivity index (χ4v) is 3.65. The lowest BCUT2D eigenvalue weighted by atomic mass is 10.2. The van der Waals surface area contributed by atoms with Crippen molar-refractivity contribution in [1.82, 2.24) is 15.0 Å². The molecule has 0 saturated heterocycles. The fourth-order valence-electron chi connectivity index (χ4n) is 3.32. The van der Waals surface area contributed by atoms with Gasteiger partial charge in [-0.2, -0.15) is 20.0 Å². The number of urea groups is 1. The van der Waals surface area contributed by atoms with Gasteiger partial charge in [0.25, 0.3) is 5.95 Å². The molecule has 11 nitrogen and oxygen atoms in total. The number of para-hydroxylation sites is 2. The number of nitrogens with one attached hydrogen (secondary N) is 3. The van der Waals surface area contributed by atoms with Crippen LogP contribution in [0, 0.1) is 0 Å². The second-order valence-corrected chi connectivity index (χ2v) is 9.11. The topological polar surface area (TPSA) is 131 Å². The van der Waals surface area contributed by atoms with Crippen LogP contribution >= 0.6 is 23.2 Å². The first-order valence-corrected chi connectivity index (χ1v) is 13.2. The number of carbonyl (C=O) groups excluding carboxylic acids is 2. The van der Waals surface area contributed by atoms with E-state index in [1.54, 1.807) is 49.4 Å². The Morgan fingerprint density at radius 1 is 0.949 bits per heavy atom. The molecule has 2 amide bonds. The molecule has 0 fully saturated rings. The number of amides is 2. The molecule has 0 radical (unpaired) electrons. The Kier molecular flexibility index (Phi) is 11.4. The smallest absolute Gasteiger partial charge is 0.332 e. The number of carbonyl (C=O) groups is 2. The summed E-state index contributed by atoms with van der Waals surface area (Å²) >= 11 is 12.2. The van der Waals surface area contributed by atoms with E-state index in [2.05, 4.69) is 37.8 Å². The Hall–Kier alpha value is -3.83. The van der Waals surface area contributed by atoms with Crippen molar-refractivity contribution < 1.29 is 19.2 Å². The van der Waals surface area contributed by atoms with Gasteiger partial charge in [0.2, 0.25) is 11.9 Å². The highest BCUT2D eigenvalue weighted by molar-refractivity contribution is 6.42. The molecule has 3 rings (SSSR count). The van der Waals surface area contributed by atoms with E-state index < -0.39 is 12.0 Å². The van der Waals surface area contributed by atoms with Crippen molar-refractivity contribution in [2.75, 3.05) is 34.7 Å². The number of ether oxygens (including phenoxy) is 1. The van der Waals surface area contributed by atoms with Crippen molar-refractivity contribution in [3.05, 3.63) is 58.1 Å². The van der Waals surface area contributed by atoms with Crippen LogP contribution in [0.3, 0.4) is 0 Å². The molecule has 3 N–H and O–H groups in total. The summed E-state index contributed by atoms with van der Waals surface area (Å²) in [5, 5.41) is 10.4. The number of aromatic nitrogens is 3. The summed E-state index contributed by atoms with van der Waals surface area (Å²) in [6.07, 6.45) is 3.09. The zero-order valence-corrected chi connectivity index (χ0v) is 23.5. The van der Waals surface area contributed by atoms with Crippen LogP contribution in [0.2, 0.25) is 10.0 Å². The molecule has 3 aromatic rings. The van der Waals surface area contributed by atoms with Crippen LogP contribution in [0.15, 0.2) is 42.5 Å². The van der Waals surface area contributed by atoms with E-state index in [0.29, 0.717) is 33.6 Å². The Morgan fingerprint density at radius 3 is 2.44 bits per heavy atom. The van der Waals surface area contributed by atoms with E-state index in [-0.39, 0.29) is 30.8 Å². The molecule has 0 bridgehead atoms. The van der Waals surface area contributed by atoms with Gasteiger partial charge in [0.1, 0.15) is 5.75 Å². The first-order chi connectivity index (χ1) is 18.8. The number of anilines is 4. The van der Waals surface area contributed by atoms with Gasteiger partial charge in [-0.05, 0) is 36.2 Å². The van der Waals surface area contributed by atoms with Crippen LogP contribution < -0.4 is 25.8 Å². The monoisotopic (exact) mass is 575 g/mol.